The summed E-state index contributed by atoms with van der Waals surface area (Å²) in [4.78, 5) is 2.45. The summed E-state index contributed by atoms with van der Waals surface area (Å²) in [5, 5.41) is 2.53. The standard InChI is InChI=1S/C45H33BN2O/c1-45(2)35-20-10-13-23-40(35)48(32-25-26-38-44(27-32)49-43-24-14-11-21-37(43)46(38)30-15-5-3-6-16-30)42-29-41-34(28-36(42)45)33-19-9-12-22-39(33)47(41)31-17-7-4-8-18-31/h3-29H,1-2H3. The lowest BCUT2D eigenvalue weighted by Crippen LogP contribution is -2.54. The van der Waals surface area contributed by atoms with Gasteiger partial charge in [-0.3, -0.25) is 0 Å². The maximum atomic E-state index is 6.73. The first-order valence-corrected chi connectivity index (χ1v) is 17.1. The molecule has 0 saturated carbocycles. The zero-order valence-electron chi connectivity index (χ0n) is 27.5. The average molecular weight is 629 g/mol. The second-order valence-corrected chi connectivity index (χ2v) is 13.8. The van der Waals surface area contributed by atoms with E-state index >= 15 is 0 Å². The van der Waals surface area contributed by atoms with E-state index < -0.39 is 0 Å². The molecule has 0 fully saturated rings. The molecule has 0 amide bonds. The van der Waals surface area contributed by atoms with Gasteiger partial charge in [-0.2, -0.15) is 0 Å². The average Bonchev–Trinajstić information content (AvgIpc) is 3.47. The Balaban J connectivity index is 1.23. The van der Waals surface area contributed by atoms with Crippen LogP contribution in [0.1, 0.15) is 25.0 Å². The lowest BCUT2D eigenvalue weighted by atomic mass is 9.36. The Morgan fingerprint density at radius 1 is 0.490 bits per heavy atom. The third kappa shape index (κ3) is 4.10. The number of aromatic nitrogens is 1. The van der Waals surface area contributed by atoms with Gasteiger partial charge in [-0.25, -0.2) is 0 Å². The molecule has 2 aliphatic rings. The Bertz CT molecular complexity index is 2570. The number of hydrogen-bond acceptors (Lipinski definition) is 2. The molecular formula is C45H33BN2O. The lowest BCUT2D eigenvalue weighted by molar-refractivity contribution is 0.487. The fraction of sp³-hybridized carbons (Fsp3) is 0.0667. The highest BCUT2D eigenvalue weighted by Gasteiger charge is 2.39. The first kappa shape index (κ1) is 28.1. The lowest BCUT2D eigenvalue weighted by Gasteiger charge is -2.42. The normalized spacial score (nSPS) is 14.2. The highest BCUT2D eigenvalue weighted by molar-refractivity contribution is 6.96. The number of hydrogen-bond donors (Lipinski definition) is 0. The van der Waals surface area contributed by atoms with Crippen molar-refractivity contribution in [2.75, 3.05) is 4.90 Å². The van der Waals surface area contributed by atoms with Crippen molar-refractivity contribution in [1.82, 2.24) is 4.57 Å². The second kappa shape index (κ2) is 10.5. The Morgan fingerprint density at radius 3 is 2.04 bits per heavy atom. The smallest absolute Gasteiger partial charge is 0.250 e. The van der Waals surface area contributed by atoms with E-state index in [9.17, 15) is 0 Å². The van der Waals surface area contributed by atoms with Gasteiger partial charge in [-0.15, -0.1) is 0 Å². The fourth-order valence-corrected chi connectivity index (χ4v) is 8.39. The molecule has 0 unspecified atom stereocenters. The molecule has 7 aromatic carbocycles. The quantitative estimate of drug-likeness (QED) is 0.181. The Kier molecular flexibility index (Phi) is 6.01. The monoisotopic (exact) mass is 628 g/mol. The molecule has 0 saturated heterocycles. The Labute approximate surface area is 286 Å². The molecular weight excluding hydrogens is 595 g/mol. The molecule has 2 aliphatic heterocycles. The largest absolute Gasteiger partial charge is 0.458 e. The van der Waals surface area contributed by atoms with Gasteiger partial charge in [-0.1, -0.05) is 129 Å². The summed E-state index contributed by atoms with van der Waals surface area (Å²) in [6.45, 7) is 4.82. The van der Waals surface area contributed by atoms with Crippen molar-refractivity contribution in [3.63, 3.8) is 0 Å². The van der Waals surface area contributed by atoms with Crippen LogP contribution in [-0.2, 0) is 5.41 Å². The van der Waals surface area contributed by atoms with Gasteiger partial charge in [0.1, 0.15) is 11.5 Å². The van der Waals surface area contributed by atoms with Crippen LogP contribution in [0.15, 0.2) is 164 Å². The maximum absolute atomic E-state index is 6.73. The summed E-state index contributed by atoms with van der Waals surface area (Å²) >= 11 is 0. The molecule has 3 heterocycles. The van der Waals surface area contributed by atoms with Crippen molar-refractivity contribution in [3.05, 3.63) is 175 Å². The van der Waals surface area contributed by atoms with E-state index in [0.717, 1.165) is 22.9 Å². The van der Waals surface area contributed by atoms with Gasteiger partial charge in [0.2, 0.25) is 0 Å². The Hall–Kier alpha value is -6.00. The number of anilines is 3. The number of fused-ring (bicyclic) bond motifs is 7. The molecule has 49 heavy (non-hydrogen) atoms. The van der Waals surface area contributed by atoms with Crippen LogP contribution < -0.4 is 26.0 Å². The number of ether oxygens (including phenoxy) is 1. The molecule has 0 spiro atoms. The van der Waals surface area contributed by atoms with Gasteiger partial charge in [0, 0.05) is 33.6 Å². The molecule has 3 nitrogen and oxygen atoms in total. The molecule has 0 N–H and O–H groups in total. The molecule has 0 aliphatic carbocycles. The third-order valence-electron chi connectivity index (χ3n) is 10.7. The van der Waals surface area contributed by atoms with Crippen molar-refractivity contribution < 1.29 is 4.74 Å². The minimum absolute atomic E-state index is 0.0938. The van der Waals surface area contributed by atoms with Crippen LogP contribution in [0.4, 0.5) is 17.1 Å². The molecule has 232 valence electrons. The van der Waals surface area contributed by atoms with E-state index in [4.69, 9.17) is 4.74 Å². The highest BCUT2D eigenvalue weighted by Crippen LogP contribution is 2.54. The zero-order valence-corrected chi connectivity index (χ0v) is 27.5. The van der Waals surface area contributed by atoms with E-state index in [2.05, 4.69) is 187 Å². The maximum Gasteiger partial charge on any atom is 0.250 e. The molecule has 4 heteroatoms. The molecule has 8 aromatic rings. The summed E-state index contributed by atoms with van der Waals surface area (Å²) in [5.74, 6) is 1.81. The van der Waals surface area contributed by atoms with Crippen LogP contribution in [0.3, 0.4) is 0 Å². The SMILES string of the molecule is CC1(C)c2ccccc2N(c2ccc3c(c2)Oc2ccccc2B3c2ccccc2)c2cc3c(cc21)c1ccccc1n3-c1ccccc1. The van der Waals surface area contributed by atoms with E-state index in [1.54, 1.807) is 0 Å². The van der Waals surface area contributed by atoms with E-state index in [1.807, 2.05) is 0 Å². The summed E-state index contributed by atoms with van der Waals surface area (Å²) in [6, 6.07) is 59.3. The van der Waals surface area contributed by atoms with E-state index in [1.165, 1.54) is 60.7 Å². The van der Waals surface area contributed by atoms with Gasteiger partial charge in [-0.05, 0) is 70.6 Å². The predicted octanol–water partition coefficient (Wildman–Crippen LogP) is 9.51. The number of benzene rings is 7. The topological polar surface area (TPSA) is 17.4 Å². The number of rotatable bonds is 3. The van der Waals surface area contributed by atoms with Crippen LogP contribution in [0.25, 0.3) is 27.5 Å². The number of nitrogens with zero attached hydrogens (tertiary/aromatic N) is 2. The van der Waals surface area contributed by atoms with Crippen LogP contribution in [0.5, 0.6) is 11.5 Å². The second-order valence-electron chi connectivity index (χ2n) is 13.8. The minimum atomic E-state index is -0.214. The van der Waals surface area contributed by atoms with E-state index in [-0.39, 0.29) is 12.1 Å². The van der Waals surface area contributed by atoms with Crippen LogP contribution in [-0.4, -0.2) is 11.3 Å². The first-order chi connectivity index (χ1) is 24.1. The summed E-state index contributed by atoms with van der Waals surface area (Å²) in [5.41, 5.74) is 13.1. The first-order valence-electron chi connectivity index (χ1n) is 17.1. The van der Waals surface area contributed by atoms with Gasteiger partial charge < -0.3 is 14.2 Å². The van der Waals surface area contributed by atoms with Crippen molar-refractivity contribution in [3.8, 4) is 17.2 Å². The highest BCUT2D eigenvalue weighted by atomic mass is 16.5. The van der Waals surface area contributed by atoms with Crippen molar-refractivity contribution >= 4 is 62.0 Å². The van der Waals surface area contributed by atoms with Crippen LogP contribution in [0.2, 0.25) is 0 Å². The summed E-state index contributed by atoms with van der Waals surface area (Å²) < 4.78 is 9.14. The van der Waals surface area contributed by atoms with Gasteiger partial charge in [0.25, 0.3) is 6.71 Å². The molecule has 10 rings (SSSR count). The van der Waals surface area contributed by atoms with Crippen LogP contribution in [0, 0.1) is 0 Å². The van der Waals surface area contributed by atoms with Crippen molar-refractivity contribution in [1.29, 1.82) is 0 Å². The van der Waals surface area contributed by atoms with Gasteiger partial charge >= 0.3 is 0 Å². The van der Waals surface area contributed by atoms with E-state index in [0.29, 0.717) is 0 Å². The van der Waals surface area contributed by atoms with Crippen molar-refractivity contribution in [2.45, 2.75) is 19.3 Å². The van der Waals surface area contributed by atoms with Gasteiger partial charge in [0.15, 0.2) is 0 Å². The predicted molar refractivity (Wildman–Crippen MR) is 205 cm³/mol. The number of para-hydroxylation sites is 4. The summed E-state index contributed by atoms with van der Waals surface area (Å²) in [7, 11) is 0. The van der Waals surface area contributed by atoms with Gasteiger partial charge in [0.05, 0.1) is 22.4 Å². The molecule has 0 bridgehead atoms. The zero-order chi connectivity index (χ0) is 32.7. The summed E-state index contributed by atoms with van der Waals surface area (Å²) in [6.07, 6.45) is 0. The molecule has 0 radical (unpaired) electrons. The molecule has 0 atom stereocenters. The molecule has 1 aromatic heterocycles. The minimum Gasteiger partial charge on any atom is -0.458 e. The third-order valence-corrected chi connectivity index (χ3v) is 10.7. The van der Waals surface area contributed by atoms with Crippen LogP contribution >= 0.6 is 0 Å². The van der Waals surface area contributed by atoms with Crippen molar-refractivity contribution in [2.24, 2.45) is 0 Å². The Morgan fingerprint density at radius 2 is 1.18 bits per heavy atom. The fourth-order valence-electron chi connectivity index (χ4n) is 8.39.